The molecule has 0 bridgehead atoms. The first kappa shape index (κ1) is 17.8. The van der Waals surface area contributed by atoms with Crippen molar-refractivity contribution in [3.63, 3.8) is 0 Å². The number of sulfonamides is 1. The fourth-order valence-corrected chi connectivity index (χ4v) is 2.74. The molecule has 122 valence electrons. The van der Waals surface area contributed by atoms with Crippen LogP contribution in [0.1, 0.15) is 19.8 Å². The molecule has 0 fully saturated rings. The highest BCUT2D eigenvalue weighted by Crippen LogP contribution is 2.16. The van der Waals surface area contributed by atoms with Crippen molar-refractivity contribution < 1.29 is 23.1 Å². The molecule has 0 atom stereocenters. The first-order chi connectivity index (χ1) is 10.3. The lowest BCUT2D eigenvalue weighted by Gasteiger charge is -2.10. The van der Waals surface area contributed by atoms with Crippen molar-refractivity contribution in [2.45, 2.75) is 19.8 Å². The second-order valence-corrected chi connectivity index (χ2v) is 6.37. The summed E-state index contributed by atoms with van der Waals surface area (Å²) in [6, 6.07) is 5.67. The van der Waals surface area contributed by atoms with Gasteiger partial charge in [0.2, 0.25) is 10.0 Å². The van der Waals surface area contributed by atoms with Crippen LogP contribution < -0.4 is 15.4 Å². The Labute approximate surface area is 129 Å². The molecule has 0 unspecified atom stereocenters. The van der Waals surface area contributed by atoms with Crippen molar-refractivity contribution in [2.75, 3.05) is 22.3 Å². The molecule has 22 heavy (non-hydrogen) atoms. The molecule has 0 aliphatic carbocycles. The van der Waals surface area contributed by atoms with Crippen molar-refractivity contribution in [3.8, 4) is 0 Å². The number of aliphatic carboxylic acids is 1. The number of benzene rings is 1. The van der Waals surface area contributed by atoms with Gasteiger partial charge in [0, 0.05) is 12.2 Å². The summed E-state index contributed by atoms with van der Waals surface area (Å²) in [4.78, 5) is 21.9. The molecule has 0 aromatic heterocycles. The molecule has 1 aromatic rings. The van der Waals surface area contributed by atoms with Crippen LogP contribution >= 0.6 is 0 Å². The Morgan fingerprint density at radius 3 is 2.55 bits per heavy atom. The van der Waals surface area contributed by atoms with Gasteiger partial charge in [-0.1, -0.05) is 13.0 Å². The van der Waals surface area contributed by atoms with Crippen LogP contribution in [0.2, 0.25) is 0 Å². The third-order valence-corrected chi connectivity index (χ3v) is 3.98. The SMILES string of the molecule is CCCS(=O)(=O)Nc1cccc(NC(=O)NCCC(=O)O)c1. The van der Waals surface area contributed by atoms with E-state index in [0.717, 1.165) is 0 Å². The summed E-state index contributed by atoms with van der Waals surface area (Å²) in [5.41, 5.74) is 0.737. The summed E-state index contributed by atoms with van der Waals surface area (Å²) in [6.07, 6.45) is 0.323. The minimum absolute atomic E-state index is 0.00396. The first-order valence-electron chi connectivity index (χ1n) is 6.69. The summed E-state index contributed by atoms with van der Waals surface area (Å²) in [5.74, 6) is -0.993. The Bertz CT molecular complexity index is 630. The highest BCUT2D eigenvalue weighted by molar-refractivity contribution is 7.92. The largest absolute Gasteiger partial charge is 0.481 e. The first-order valence-corrected chi connectivity index (χ1v) is 8.35. The number of hydrogen-bond donors (Lipinski definition) is 4. The number of carbonyl (C=O) groups is 2. The van der Waals surface area contributed by atoms with Gasteiger partial charge in [0.15, 0.2) is 0 Å². The van der Waals surface area contributed by atoms with E-state index in [-0.39, 0.29) is 18.7 Å². The Balaban J connectivity index is 2.60. The van der Waals surface area contributed by atoms with Crippen LogP contribution in [0.3, 0.4) is 0 Å². The van der Waals surface area contributed by atoms with Crippen LogP contribution in [0.5, 0.6) is 0 Å². The molecule has 1 rings (SSSR count). The lowest BCUT2D eigenvalue weighted by atomic mass is 10.3. The van der Waals surface area contributed by atoms with Crippen LogP contribution in [0.15, 0.2) is 24.3 Å². The number of urea groups is 1. The van der Waals surface area contributed by atoms with Crippen LogP contribution in [0, 0.1) is 0 Å². The summed E-state index contributed by atoms with van der Waals surface area (Å²) in [6.45, 7) is 1.77. The molecule has 0 spiro atoms. The van der Waals surface area contributed by atoms with Crippen LogP contribution in [-0.2, 0) is 14.8 Å². The van der Waals surface area contributed by atoms with E-state index in [2.05, 4.69) is 15.4 Å². The molecule has 0 radical (unpaired) electrons. The zero-order chi connectivity index (χ0) is 16.6. The van der Waals surface area contributed by atoms with E-state index >= 15 is 0 Å². The molecular formula is C13H19N3O5S. The van der Waals surface area contributed by atoms with E-state index in [1.54, 1.807) is 25.1 Å². The Hall–Kier alpha value is -2.29. The number of rotatable bonds is 8. The van der Waals surface area contributed by atoms with E-state index in [4.69, 9.17) is 5.11 Å². The van der Waals surface area contributed by atoms with Gasteiger partial charge in [-0.2, -0.15) is 0 Å². The molecule has 9 heteroatoms. The Morgan fingerprint density at radius 1 is 1.23 bits per heavy atom. The minimum Gasteiger partial charge on any atom is -0.481 e. The maximum absolute atomic E-state index is 11.7. The summed E-state index contributed by atoms with van der Waals surface area (Å²) in [7, 11) is -3.40. The van der Waals surface area contributed by atoms with Crippen LogP contribution in [0.25, 0.3) is 0 Å². The third-order valence-electron chi connectivity index (χ3n) is 2.49. The number of hydrogen-bond acceptors (Lipinski definition) is 4. The van der Waals surface area contributed by atoms with E-state index in [1.165, 1.54) is 6.07 Å². The summed E-state index contributed by atoms with van der Waals surface area (Å²) in [5, 5.41) is 13.3. The lowest BCUT2D eigenvalue weighted by Crippen LogP contribution is -2.30. The average molecular weight is 329 g/mol. The summed E-state index contributed by atoms with van der Waals surface area (Å²) >= 11 is 0. The molecule has 1 aromatic carbocycles. The number of carboxylic acids is 1. The predicted octanol–water partition coefficient (Wildman–Crippen LogP) is 1.43. The van der Waals surface area contributed by atoms with Gasteiger partial charge in [-0.3, -0.25) is 9.52 Å². The Morgan fingerprint density at radius 2 is 1.91 bits per heavy atom. The molecule has 4 N–H and O–H groups in total. The molecular weight excluding hydrogens is 310 g/mol. The van der Waals surface area contributed by atoms with Gasteiger partial charge in [0.1, 0.15) is 0 Å². The molecule has 0 aliphatic heterocycles. The van der Waals surface area contributed by atoms with E-state index in [9.17, 15) is 18.0 Å². The highest BCUT2D eigenvalue weighted by atomic mass is 32.2. The molecule has 0 saturated heterocycles. The van der Waals surface area contributed by atoms with E-state index < -0.39 is 22.0 Å². The Kier molecular flexibility index (Phi) is 6.64. The standard InChI is InChI=1S/C13H19N3O5S/c1-2-8-22(20,21)16-11-5-3-4-10(9-11)15-13(19)14-7-6-12(17)18/h3-5,9,16H,2,6-8H2,1H3,(H,17,18)(H2,14,15,19). The average Bonchev–Trinajstić information content (AvgIpc) is 2.37. The zero-order valence-electron chi connectivity index (χ0n) is 12.1. The zero-order valence-corrected chi connectivity index (χ0v) is 12.9. The minimum atomic E-state index is -3.40. The second kappa shape index (κ2) is 8.23. The van der Waals surface area contributed by atoms with Crippen molar-refractivity contribution in [1.82, 2.24) is 5.32 Å². The number of carboxylic acid groups (broad SMARTS) is 1. The maximum atomic E-state index is 11.7. The van der Waals surface area contributed by atoms with Gasteiger partial charge in [0.25, 0.3) is 0 Å². The van der Waals surface area contributed by atoms with Crippen molar-refractivity contribution in [1.29, 1.82) is 0 Å². The van der Waals surface area contributed by atoms with Crippen LogP contribution in [-0.4, -0.2) is 37.8 Å². The second-order valence-electron chi connectivity index (χ2n) is 4.53. The van der Waals surface area contributed by atoms with Crippen molar-refractivity contribution in [3.05, 3.63) is 24.3 Å². The predicted molar refractivity (Wildman–Crippen MR) is 83.4 cm³/mol. The van der Waals surface area contributed by atoms with E-state index in [1.807, 2.05) is 0 Å². The van der Waals surface area contributed by atoms with Gasteiger partial charge in [-0.05, 0) is 24.6 Å². The van der Waals surface area contributed by atoms with Gasteiger partial charge in [-0.15, -0.1) is 0 Å². The fourth-order valence-electron chi connectivity index (χ4n) is 1.62. The maximum Gasteiger partial charge on any atom is 0.319 e. The normalized spacial score (nSPS) is 10.8. The van der Waals surface area contributed by atoms with Gasteiger partial charge in [0.05, 0.1) is 17.9 Å². The third kappa shape index (κ3) is 6.93. The number of nitrogens with one attached hydrogen (secondary N) is 3. The van der Waals surface area contributed by atoms with Crippen LogP contribution in [0.4, 0.5) is 16.2 Å². The van der Waals surface area contributed by atoms with E-state index in [0.29, 0.717) is 17.8 Å². The van der Waals surface area contributed by atoms with Crippen molar-refractivity contribution in [2.24, 2.45) is 0 Å². The van der Waals surface area contributed by atoms with Crippen molar-refractivity contribution >= 4 is 33.4 Å². The number of anilines is 2. The quantitative estimate of drug-likeness (QED) is 0.574. The molecule has 0 heterocycles. The topological polar surface area (TPSA) is 125 Å². The lowest BCUT2D eigenvalue weighted by molar-refractivity contribution is -0.136. The molecule has 8 nitrogen and oxygen atoms in total. The molecule has 0 saturated carbocycles. The molecule has 2 amide bonds. The van der Waals surface area contributed by atoms with Gasteiger partial charge < -0.3 is 15.7 Å². The number of carbonyl (C=O) groups excluding carboxylic acids is 1. The highest BCUT2D eigenvalue weighted by Gasteiger charge is 2.09. The molecule has 0 aliphatic rings. The fraction of sp³-hybridized carbons (Fsp3) is 0.385. The summed E-state index contributed by atoms with van der Waals surface area (Å²) < 4.78 is 25.8. The van der Waals surface area contributed by atoms with Gasteiger partial charge >= 0.3 is 12.0 Å². The number of amides is 2. The van der Waals surface area contributed by atoms with Gasteiger partial charge in [-0.25, -0.2) is 13.2 Å². The monoisotopic (exact) mass is 329 g/mol. The smallest absolute Gasteiger partial charge is 0.319 e.